The van der Waals surface area contributed by atoms with E-state index in [4.69, 9.17) is 4.74 Å². The summed E-state index contributed by atoms with van der Waals surface area (Å²) in [4.78, 5) is 40.6. The first-order chi connectivity index (χ1) is 17.2. The molecular weight excluding hydrogens is 478 g/mol. The van der Waals surface area contributed by atoms with E-state index in [1.165, 1.54) is 18.7 Å². The summed E-state index contributed by atoms with van der Waals surface area (Å²) in [6.45, 7) is 8.27. The SMILES string of the molecule is CC(=O)N[C@@H]1CC[C@H](NC(=O)C2=C3NC(=O)N(c4ccc(OC(C)C)cc4C)C4CCNC(S2)C34)C1. The molecule has 4 N–H and O–H groups in total. The first-order valence-corrected chi connectivity index (χ1v) is 13.7. The summed E-state index contributed by atoms with van der Waals surface area (Å²) >= 11 is 1.51. The number of nitrogens with zero attached hydrogens (tertiary/aromatic N) is 1. The van der Waals surface area contributed by atoms with Crippen LogP contribution in [0.25, 0.3) is 0 Å². The number of piperidine rings is 1. The molecule has 4 aliphatic rings. The molecule has 4 amide bonds. The molecule has 1 saturated carbocycles. The fourth-order valence-corrected chi connectivity index (χ4v) is 7.33. The maximum atomic E-state index is 13.5. The molecule has 0 radical (unpaired) electrons. The lowest BCUT2D eigenvalue weighted by Gasteiger charge is -2.46. The minimum absolute atomic E-state index is 0.00361. The lowest BCUT2D eigenvalue weighted by Crippen LogP contribution is -2.62. The van der Waals surface area contributed by atoms with E-state index in [0.29, 0.717) is 4.91 Å². The van der Waals surface area contributed by atoms with Crippen molar-refractivity contribution < 1.29 is 19.1 Å². The Morgan fingerprint density at radius 3 is 2.61 bits per heavy atom. The summed E-state index contributed by atoms with van der Waals surface area (Å²) < 4.78 is 5.83. The van der Waals surface area contributed by atoms with Crippen LogP contribution in [-0.2, 0) is 9.59 Å². The van der Waals surface area contributed by atoms with Crippen LogP contribution in [0.15, 0.2) is 28.8 Å². The molecule has 2 saturated heterocycles. The van der Waals surface area contributed by atoms with E-state index in [1.54, 1.807) is 0 Å². The van der Waals surface area contributed by atoms with Gasteiger partial charge in [-0.3, -0.25) is 14.5 Å². The number of aryl methyl sites for hydroxylation is 1. The van der Waals surface area contributed by atoms with Crippen molar-refractivity contribution >= 4 is 35.3 Å². The van der Waals surface area contributed by atoms with E-state index in [-0.39, 0.29) is 53.4 Å². The van der Waals surface area contributed by atoms with Crippen molar-refractivity contribution in [2.45, 2.75) is 83.0 Å². The summed E-state index contributed by atoms with van der Waals surface area (Å²) in [6, 6.07) is 5.72. The molecule has 1 aliphatic carbocycles. The Morgan fingerprint density at radius 1 is 1.17 bits per heavy atom. The second kappa shape index (κ2) is 9.97. The van der Waals surface area contributed by atoms with Crippen LogP contribution in [0, 0.1) is 12.8 Å². The van der Waals surface area contributed by atoms with Crippen LogP contribution in [0.4, 0.5) is 10.5 Å². The number of amides is 4. The van der Waals surface area contributed by atoms with Crippen LogP contribution in [0.3, 0.4) is 0 Å². The second-order valence-electron chi connectivity index (χ2n) is 10.4. The summed E-state index contributed by atoms with van der Waals surface area (Å²) in [5.74, 6) is 0.606. The van der Waals surface area contributed by atoms with Crippen molar-refractivity contribution in [1.82, 2.24) is 21.3 Å². The third-order valence-corrected chi connectivity index (χ3v) is 8.68. The molecule has 0 spiro atoms. The molecule has 9 nitrogen and oxygen atoms in total. The van der Waals surface area contributed by atoms with Gasteiger partial charge in [0, 0.05) is 36.3 Å². The number of benzene rings is 1. The molecule has 5 rings (SSSR count). The van der Waals surface area contributed by atoms with E-state index < -0.39 is 0 Å². The second-order valence-corrected chi connectivity index (χ2v) is 11.6. The topological polar surface area (TPSA) is 112 Å². The molecule has 10 heteroatoms. The number of ether oxygens (including phenoxy) is 1. The minimum atomic E-state index is -0.202. The number of nitrogens with one attached hydrogen (secondary N) is 4. The van der Waals surface area contributed by atoms with Gasteiger partial charge in [0.2, 0.25) is 5.91 Å². The monoisotopic (exact) mass is 513 g/mol. The van der Waals surface area contributed by atoms with Gasteiger partial charge in [-0.1, -0.05) is 11.8 Å². The van der Waals surface area contributed by atoms with E-state index >= 15 is 0 Å². The Bertz CT molecular complexity index is 1110. The lowest BCUT2D eigenvalue weighted by atomic mass is 9.86. The van der Waals surface area contributed by atoms with Gasteiger partial charge in [-0.05, 0) is 76.8 Å². The Hall–Kier alpha value is -2.72. The Labute approximate surface area is 216 Å². The highest BCUT2D eigenvalue weighted by atomic mass is 32.2. The van der Waals surface area contributed by atoms with Gasteiger partial charge >= 0.3 is 6.03 Å². The standard InChI is InChI=1S/C26H35N5O4S/c1-13(2)35-18-7-8-19(14(3)11-18)31-20-9-10-27-25-21(20)22(30-26(31)34)23(36-25)24(33)29-17-6-5-16(12-17)28-15(4)32/h7-8,11,13,16-17,20-21,25,27H,5-6,9-10,12H2,1-4H3,(H,28,32)(H,29,33)(H,30,34)/t16-,17+,20?,21?,25?/m1/s1. The molecule has 194 valence electrons. The van der Waals surface area contributed by atoms with Crippen molar-refractivity contribution in [1.29, 1.82) is 0 Å². The molecule has 3 aliphatic heterocycles. The fourth-order valence-electron chi connectivity index (χ4n) is 5.93. The number of hydrogen-bond acceptors (Lipinski definition) is 6. The van der Waals surface area contributed by atoms with Crippen LogP contribution in [-0.4, -0.2) is 54.0 Å². The zero-order valence-electron chi connectivity index (χ0n) is 21.2. The molecule has 3 fully saturated rings. The summed E-state index contributed by atoms with van der Waals surface area (Å²) in [5.41, 5.74) is 2.57. The van der Waals surface area contributed by atoms with E-state index in [2.05, 4.69) is 21.3 Å². The smallest absolute Gasteiger partial charge is 0.326 e. The van der Waals surface area contributed by atoms with Crippen LogP contribution < -0.4 is 30.9 Å². The normalized spacial score (nSPS) is 29.2. The fraction of sp³-hybridized carbons (Fsp3) is 0.577. The molecule has 0 bridgehead atoms. The van der Waals surface area contributed by atoms with Gasteiger partial charge in [-0.25, -0.2) is 4.79 Å². The van der Waals surface area contributed by atoms with Gasteiger partial charge < -0.3 is 26.0 Å². The predicted octanol–water partition coefficient (Wildman–Crippen LogP) is 2.75. The highest BCUT2D eigenvalue weighted by Gasteiger charge is 2.52. The van der Waals surface area contributed by atoms with E-state index in [1.807, 2.05) is 43.9 Å². The largest absolute Gasteiger partial charge is 0.491 e. The summed E-state index contributed by atoms with van der Waals surface area (Å²) in [5, 5.41) is 12.7. The van der Waals surface area contributed by atoms with E-state index in [0.717, 1.165) is 54.9 Å². The molecule has 3 unspecified atom stereocenters. The van der Waals surface area contributed by atoms with Crippen molar-refractivity contribution in [3.8, 4) is 5.75 Å². The highest BCUT2D eigenvalue weighted by molar-refractivity contribution is 8.04. The lowest BCUT2D eigenvalue weighted by molar-refractivity contribution is -0.119. The van der Waals surface area contributed by atoms with Crippen LogP contribution in [0.2, 0.25) is 0 Å². The van der Waals surface area contributed by atoms with Gasteiger partial charge in [0.05, 0.1) is 22.4 Å². The number of carbonyl (C=O) groups is 3. The molecule has 36 heavy (non-hydrogen) atoms. The highest BCUT2D eigenvalue weighted by Crippen LogP contribution is 2.48. The molecule has 0 aromatic heterocycles. The number of anilines is 1. The summed E-state index contributed by atoms with van der Waals surface area (Å²) in [6.07, 6.45) is 3.28. The average Bonchev–Trinajstić information content (AvgIpc) is 3.39. The van der Waals surface area contributed by atoms with Crippen LogP contribution in [0.5, 0.6) is 5.75 Å². The number of carbonyl (C=O) groups excluding carboxylic acids is 3. The number of rotatable bonds is 6. The van der Waals surface area contributed by atoms with Crippen molar-refractivity contribution in [3.05, 3.63) is 34.4 Å². The first kappa shape index (κ1) is 25.0. The predicted molar refractivity (Wildman–Crippen MR) is 140 cm³/mol. The molecule has 1 aromatic rings. The van der Waals surface area contributed by atoms with Gasteiger partial charge in [0.15, 0.2) is 0 Å². The zero-order chi connectivity index (χ0) is 25.6. The van der Waals surface area contributed by atoms with E-state index in [9.17, 15) is 14.4 Å². The third kappa shape index (κ3) is 4.80. The van der Waals surface area contributed by atoms with Gasteiger partial charge in [0.1, 0.15) is 5.75 Å². The number of hydrogen-bond donors (Lipinski definition) is 4. The van der Waals surface area contributed by atoms with Crippen molar-refractivity contribution in [2.75, 3.05) is 11.4 Å². The average molecular weight is 514 g/mol. The Kier molecular flexibility index (Phi) is 6.91. The van der Waals surface area contributed by atoms with Gasteiger partial charge in [-0.2, -0.15) is 0 Å². The molecule has 3 heterocycles. The van der Waals surface area contributed by atoms with Crippen molar-refractivity contribution in [3.63, 3.8) is 0 Å². The van der Waals surface area contributed by atoms with Crippen LogP contribution in [0.1, 0.15) is 52.0 Å². The maximum absolute atomic E-state index is 13.5. The maximum Gasteiger partial charge on any atom is 0.326 e. The van der Waals surface area contributed by atoms with Gasteiger partial charge in [-0.15, -0.1) is 0 Å². The van der Waals surface area contributed by atoms with Crippen LogP contribution >= 0.6 is 11.8 Å². The Morgan fingerprint density at radius 2 is 1.92 bits per heavy atom. The van der Waals surface area contributed by atoms with Crippen molar-refractivity contribution in [2.24, 2.45) is 5.92 Å². The molecule has 5 atom stereocenters. The minimum Gasteiger partial charge on any atom is -0.491 e. The zero-order valence-corrected chi connectivity index (χ0v) is 22.0. The molecular formula is C26H35N5O4S. The van der Waals surface area contributed by atoms with Gasteiger partial charge in [0.25, 0.3) is 5.91 Å². The first-order valence-electron chi connectivity index (χ1n) is 12.8. The summed E-state index contributed by atoms with van der Waals surface area (Å²) in [7, 11) is 0. The number of urea groups is 1. The molecule has 1 aromatic carbocycles. The number of thioether (sulfide) groups is 1. The Balaban J connectivity index is 1.36. The quantitative estimate of drug-likeness (QED) is 0.466. The third-order valence-electron chi connectivity index (χ3n) is 7.32.